The first-order valence-corrected chi connectivity index (χ1v) is 6.97. The molecule has 0 heterocycles. The van der Waals surface area contributed by atoms with Gasteiger partial charge in [0.1, 0.15) is 5.82 Å². The number of aliphatic hydroxyl groups excluding tert-OH is 1. The highest BCUT2D eigenvalue weighted by Gasteiger charge is 2.14. The van der Waals surface area contributed by atoms with Crippen molar-refractivity contribution in [2.75, 3.05) is 25.5 Å². The molecule has 0 spiro atoms. The number of hydrogen-bond donors (Lipinski definition) is 2. The van der Waals surface area contributed by atoms with E-state index >= 15 is 0 Å². The van der Waals surface area contributed by atoms with Gasteiger partial charge in [-0.25, -0.2) is 4.39 Å². The number of anilines is 1. The average Bonchev–Trinajstić information content (AvgIpc) is 2.52. The maximum atomic E-state index is 13.5. The molecule has 0 saturated carbocycles. The van der Waals surface area contributed by atoms with Gasteiger partial charge in [-0.1, -0.05) is 18.2 Å². The molecule has 1 unspecified atom stereocenters. The van der Waals surface area contributed by atoms with Crippen LogP contribution in [0, 0.1) is 5.82 Å². The molecule has 1 atom stereocenters. The third-order valence-corrected chi connectivity index (χ3v) is 3.37. The number of carbonyl (C=O) groups excluding carboxylic acids is 1. The Hall–Kier alpha value is -2.40. The first-order chi connectivity index (χ1) is 10.5. The Morgan fingerprint density at radius 1 is 1.18 bits per heavy atom. The lowest BCUT2D eigenvalue weighted by atomic mass is 10.1. The first kappa shape index (κ1) is 16.0. The van der Waals surface area contributed by atoms with Gasteiger partial charge in [0.25, 0.3) is 5.91 Å². The van der Waals surface area contributed by atoms with Crippen molar-refractivity contribution in [2.24, 2.45) is 0 Å². The minimum atomic E-state index is -1.08. The van der Waals surface area contributed by atoms with E-state index in [1.807, 2.05) is 31.1 Å². The van der Waals surface area contributed by atoms with Crippen LogP contribution in [0.2, 0.25) is 0 Å². The predicted octanol–water partition coefficient (Wildman–Crippen LogP) is 2.36. The van der Waals surface area contributed by atoms with E-state index in [1.165, 1.54) is 12.1 Å². The summed E-state index contributed by atoms with van der Waals surface area (Å²) >= 11 is 0. The van der Waals surface area contributed by atoms with Crippen molar-refractivity contribution in [3.05, 3.63) is 65.5 Å². The summed E-state index contributed by atoms with van der Waals surface area (Å²) in [6.45, 7) is -0.0464. The molecule has 0 aliphatic heterocycles. The van der Waals surface area contributed by atoms with Crippen LogP contribution < -0.4 is 10.2 Å². The molecule has 116 valence electrons. The standard InChI is InChI=1S/C17H19FN2O2/c1-20(2)13-9-7-12(8-10-13)17(22)19-11-16(21)14-5-3-4-6-15(14)18/h3-10,16,21H,11H2,1-2H3,(H,19,22). The van der Waals surface area contributed by atoms with Crippen LogP contribution in [-0.2, 0) is 0 Å². The fourth-order valence-electron chi connectivity index (χ4n) is 2.06. The Kier molecular flexibility index (Phi) is 5.12. The second kappa shape index (κ2) is 7.04. The zero-order chi connectivity index (χ0) is 16.1. The zero-order valence-corrected chi connectivity index (χ0v) is 12.6. The Balaban J connectivity index is 1.96. The van der Waals surface area contributed by atoms with E-state index < -0.39 is 11.9 Å². The molecule has 0 radical (unpaired) electrons. The van der Waals surface area contributed by atoms with Crippen LogP contribution in [0.1, 0.15) is 22.0 Å². The monoisotopic (exact) mass is 302 g/mol. The van der Waals surface area contributed by atoms with Crippen LogP contribution in [0.15, 0.2) is 48.5 Å². The molecule has 22 heavy (non-hydrogen) atoms. The molecule has 4 nitrogen and oxygen atoms in total. The SMILES string of the molecule is CN(C)c1ccc(C(=O)NCC(O)c2ccccc2F)cc1. The number of rotatable bonds is 5. The summed E-state index contributed by atoms with van der Waals surface area (Å²) in [5.41, 5.74) is 1.65. The summed E-state index contributed by atoms with van der Waals surface area (Å²) in [6.07, 6.45) is -1.08. The van der Waals surface area contributed by atoms with Crippen LogP contribution in [0.5, 0.6) is 0 Å². The van der Waals surface area contributed by atoms with Crippen LogP contribution in [-0.4, -0.2) is 31.7 Å². The number of nitrogens with zero attached hydrogens (tertiary/aromatic N) is 1. The van der Waals surface area contributed by atoms with Gasteiger partial charge in [-0.05, 0) is 30.3 Å². The second-order valence-electron chi connectivity index (χ2n) is 5.19. The fourth-order valence-corrected chi connectivity index (χ4v) is 2.06. The van der Waals surface area contributed by atoms with E-state index in [9.17, 15) is 14.3 Å². The molecule has 0 fully saturated rings. The fraction of sp³-hybridized carbons (Fsp3) is 0.235. The minimum Gasteiger partial charge on any atom is -0.386 e. The number of amides is 1. The number of aliphatic hydroxyl groups is 1. The van der Waals surface area contributed by atoms with Crippen molar-refractivity contribution in [1.82, 2.24) is 5.32 Å². The number of hydrogen-bond acceptors (Lipinski definition) is 3. The van der Waals surface area contributed by atoms with Gasteiger partial charge in [0.15, 0.2) is 0 Å². The van der Waals surface area contributed by atoms with Gasteiger partial charge in [-0.3, -0.25) is 4.79 Å². The van der Waals surface area contributed by atoms with Gasteiger partial charge < -0.3 is 15.3 Å². The van der Waals surface area contributed by atoms with E-state index in [1.54, 1.807) is 24.3 Å². The lowest BCUT2D eigenvalue weighted by Crippen LogP contribution is -2.28. The maximum Gasteiger partial charge on any atom is 0.251 e. The first-order valence-electron chi connectivity index (χ1n) is 6.97. The maximum absolute atomic E-state index is 13.5. The summed E-state index contributed by atoms with van der Waals surface area (Å²) in [6, 6.07) is 13.1. The highest BCUT2D eigenvalue weighted by molar-refractivity contribution is 5.94. The second-order valence-corrected chi connectivity index (χ2v) is 5.19. The third kappa shape index (κ3) is 3.83. The highest BCUT2D eigenvalue weighted by Crippen LogP contribution is 2.16. The smallest absolute Gasteiger partial charge is 0.251 e. The van der Waals surface area contributed by atoms with E-state index in [-0.39, 0.29) is 18.0 Å². The molecule has 0 aromatic heterocycles. The Morgan fingerprint density at radius 2 is 1.82 bits per heavy atom. The van der Waals surface area contributed by atoms with Crippen molar-refractivity contribution in [2.45, 2.75) is 6.10 Å². The largest absolute Gasteiger partial charge is 0.386 e. The van der Waals surface area contributed by atoms with E-state index in [0.29, 0.717) is 5.56 Å². The van der Waals surface area contributed by atoms with Crippen LogP contribution >= 0.6 is 0 Å². The number of carbonyl (C=O) groups is 1. The molecule has 5 heteroatoms. The quantitative estimate of drug-likeness (QED) is 0.891. The Labute approximate surface area is 129 Å². The lowest BCUT2D eigenvalue weighted by Gasteiger charge is -2.14. The molecule has 2 aromatic carbocycles. The van der Waals surface area contributed by atoms with Crippen molar-refractivity contribution >= 4 is 11.6 Å². The van der Waals surface area contributed by atoms with Crippen LogP contribution in [0.4, 0.5) is 10.1 Å². The summed E-state index contributed by atoms with van der Waals surface area (Å²) in [5, 5.41) is 12.6. The van der Waals surface area contributed by atoms with Gasteiger partial charge in [0.2, 0.25) is 0 Å². The highest BCUT2D eigenvalue weighted by atomic mass is 19.1. The summed E-state index contributed by atoms with van der Waals surface area (Å²) in [5.74, 6) is -0.791. The van der Waals surface area contributed by atoms with Gasteiger partial charge in [0.05, 0.1) is 6.10 Å². The van der Waals surface area contributed by atoms with Crippen molar-refractivity contribution < 1.29 is 14.3 Å². The topological polar surface area (TPSA) is 52.6 Å². The molecule has 2 rings (SSSR count). The van der Waals surface area contributed by atoms with Crippen molar-refractivity contribution in [3.63, 3.8) is 0 Å². The van der Waals surface area contributed by atoms with Crippen molar-refractivity contribution in [1.29, 1.82) is 0 Å². The number of nitrogens with one attached hydrogen (secondary N) is 1. The lowest BCUT2D eigenvalue weighted by molar-refractivity contribution is 0.0914. The molecule has 0 aliphatic carbocycles. The van der Waals surface area contributed by atoms with E-state index in [4.69, 9.17) is 0 Å². The van der Waals surface area contributed by atoms with Crippen LogP contribution in [0.25, 0.3) is 0 Å². The molecule has 1 amide bonds. The van der Waals surface area contributed by atoms with Gasteiger partial charge in [-0.15, -0.1) is 0 Å². The molecular weight excluding hydrogens is 283 g/mol. The molecular formula is C17H19FN2O2. The molecule has 0 saturated heterocycles. The molecule has 0 aliphatic rings. The van der Waals surface area contributed by atoms with Crippen molar-refractivity contribution in [3.8, 4) is 0 Å². The van der Waals surface area contributed by atoms with E-state index in [0.717, 1.165) is 5.69 Å². The number of benzene rings is 2. The normalized spacial score (nSPS) is 11.8. The molecule has 2 N–H and O–H groups in total. The van der Waals surface area contributed by atoms with Gasteiger partial charge in [0, 0.05) is 37.5 Å². The van der Waals surface area contributed by atoms with Gasteiger partial charge in [-0.2, -0.15) is 0 Å². The summed E-state index contributed by atoms with van der Waals surface area (Å²) < 4.78 is 13.5. The Morgan fingerprint density at radius 3 is 2.41 bits per heavy atom. The molecule has 0 bridgehead atoms. The Bertz CT molecular complexity index is 641. The average molecular weight is 302 g/mol. The molecule has 2 aromatic rings. The van der Waals surface area contributed by atoms with E-state index in [2.05, 4.69) is 5.32 Å². The minimum absolute atomic E-state index is 0.0464. The predicted molar refractivity (Wildman–Crippen MR) is 84.5 cm³/mol. The third-order valence-electron chi connectivity index (χ3n) is 3.37. The van der Waals surface area contributed by atoms with Gasteiger partial charge >= 0.3 is 0 Å². The number of halogens is 1. The summed E-state index contributed by atoms with van der Waals surface area (Å²) in [7, 11) is 3.83. The zero-order valence-electron chi connectivity index (χ0n) is 12.6. The summed E-state index contributed by atoms with van der Waals surface area (Å²) in [4.78, 5) is 14.0. The van der Waals surface area contributed by atoms with Crippen LogP contribution in [0.3, 0.4) is 0 Å².